The molecule has 2 rings (SSSR count). The Morgan fingerprint density at radius 3 is 3.00 bits per heavy atom. The van der Waals surface area contributed by atoms with E-state index in [1.807, 2.05) is 0 Å². The molecule has 1 heterocycles. The lowest BCUT2D eigenvalue weighted by Crippen LogP contribution is -2.01. The maximum atomic E-state index is 4.23. The molecule has 2 nitrogen and oxygen atoms in total. The molecular formula is C8H12N2S. The van der Waals surface area contributed by atoms with Crippen molar-refractivity contribution >= 4 is 12.6 Å². The summed E-state index contributed by atoms with van der Waals surface area (Å²) in [6, 6.07) is 0. The molecule has 0 saturated carbocycles. The minimum absolute atomic E-state index is 0.770. The molecule has 0 amide bonds. The van der Waals surface area contributed by atoms with Crippen molar-refractivity contribution in [1.82, 2.24) is 10.2 Å². The Bertz CT molecular complexity index is 241. The van der Waals surface area contributed by atoms with Gasteiger partial charge in [-0.25, -0.2) is 0 Å². The number of aromatic amines is 1. The Morgan fingerprint density at radius 2 is 2.18 bits per heavy atom. The van der Waals surface area contributed by atoms with E-state index < -0.39 is 0 Å². The summed E-state index contributed by atoms with van der Waals surface area (Å²) >= 11 is 4.23. The maximum absolute atomic E-state index is 4.23. The first kappa shape index (κ1) is 7.22. The van der Waals surface area contributed by atoms with Crippen LogP contribution in [-0.4, -0.2) is 10.2 Å². The average molecular weight is 168 g/mol. The summed E-state index contributed by atoms with van der Waals surface area (Å²) in [5, 5.41) is 7.29. The highest BCUT2D eigenvalue weighted by Crippen LogP contribution is 2.22. The second-order valence-electron chi connectivity index (χ2n) is 2.99. The molecule has 0 aromatic carbocycles. The molecule has 1 aliphatic rings. The van der Waals surface area contributed by atoms with E-state index in [1.54, 1.807) is 0 Å². The highest BCUT2D eigenvalue weighted by molar-refractivity contribution is 7.79. The molecule has 0 atom stereocenters. The van der Waals surface area contributed by atoms with Crippen molar-refractivity contribution in [2.24, 2.45) is 0 Å². The summed E-state index contributed by atoms with van der Waals surface area (Å²) in [5.74, 6) is 0.770. The Balaban J connectivity index is 2.38. The van der Waals surface area contributed by atoms with Gasteiger partial charge in [0.1, 0.15) is 0 Å². The Kier molecular flexibility index (Phi) is 1.90. The van der Waals surface area contributed by atoms with E-state index in [4.69, 9.17) is 0 Å². The van der Waals surface area contributed by atoms with Gasteiger partial charge in [0.2, 0.25) is 0 Å². The van der Waals surface area contributed by atoms with Gasteiger partial charge in [0.15, 0.2) is 0 Å². The molecule has 1 aliphatic carbocycles. The molecule has 0 saturated heterocycles. The number of hydrogen-bond acceptors (Lipinski definition) is 2. The first-order chi connectivity index (χ1) is 5.42. The normalized spacial score (nSPS) is 16.5. The van der Waals surface area contributed by atoms with Crippen LogP contribution in [-0.2, 0) is 18.6 Å². The van der Waals surface area contributed by atoms with Crippen molar-refractivity contribution < 1.29 is 0 Å². The number of thiol groups is 1. The zero-order valence-corrected chi connectivity index (χ0v) is 7.32. The van der Waals surface area contributed by atoms with Crippen LogP contribution >= 0.6 is 12.6 Å². The third kappa shape index (κ3) is 1.18. The van der Waals surface area contributed by atoms with Crippen molar-refractivity contribution in [2.75, 3.05) is 0 Å². The van der Waals surface area contributed by atoms with Gasteiger partial charge in [0.05, 0.1) is 5.69 Å². The number of hydrogen-bond donors (Lipinski definition) is 2. The monoisotopic (exact) mass is 168 g/mol. The van der Waals surface area contributed by atoms with Gasteiger partial charge in [0, 0.05) is 11.4 Å². The number of nitrogens with zero attached hydrogens (tertiary/aromatic N) is 1. The van der Waals surface area contributed by atoms with Crippen molar-refractivity contribution in [3.63, 3.8) is 0 Å². The van der Waals surface area contributed by atoms with E-state index in [-0.39, 0.29) is 0 Å². The third-order valence-corrected chi connectivity index (χ3v) is 2.59. The maximum Gasteiger partial charge on any atom is 0.0753 e. The minimum Gasteiger partial charge on any atom is -0.282 e. The van der Waals surface area contributed by atoms with Gasteiger partial charge in [-0.3, -0.25) is 5.10 Å². The zero-order valence-electron chi connectivity index (χ0n) is 6.43. The van der Waals surface area contributed by atoms with E-state index in [2.05, 4.69) is 22.8 Å². The molecule has 0 bridgehead atoms. The number of fused-ring (bicyclic) bond motifs is 1. The first-order valence-electron chi connectivity index (χ1n) is 4.07. The molecule has 60 valence electrons. The molecule has 0 fully saturated rings. The molecule has 0 aliphatic heterocycles. The standard InChI is InChI=1S/C8H12N2S/c11-5-8-6-3-1-2-4-7(6)9-10-8/h11H,1-5H2,(H,9,10). The summed E-state index contributed by atoms with van der Waals surface area (Å²) in [5.41, 5.74) is 3.94. The lowest BCUT2D eigenvalue weighted by Gasteiger charge is -2.09. The second kappa shape index (κ2) is 2.89. The van der Waals surface area contributed by atoms with Gasteiger partial charge in [0.25, 0.3) is 0 Å². The fraction of sp³-hybridized carbons (Fsp3) is 0.625. The average Bonchev–Trinajstić information content (AvgIpc) is 2.47. The lowest BCUT2D eigenvalue weighted by molar-refractivity contribution is 0.673. The summed E-state index contributed by atoms with van der Waals surface area (Å²) in [7, 11) is 0. The van der Waals surface area contributed by atoms with Crippen LogP contribution in [0.4, 0.5) is 0 Å². The Hall–Kier alpha value is -0.440. The highest BCUT2D eigenvalue weighted by atomic mass is 32.1. The Morgan fingerprint density at radius 1 is 1.36 bits per heavy atom. The van der Waals surface area contributed by atoms with E-state index in [9.17, 15) is 0 Å². The van der Waals surface area contributed by atoms with E-state index >= 15 is 0 Å². The quantitative estimate of drug-likeness (QED) is 0.614. The lowest BCUT2D eigenvalue weighted by atomic mass is 9.96. The summed E-state index contributed by atoms with van der Waals surface area (Å²) in [6.45, 7) is 0. The number of aromatic nitrogens is 2. The van der Waals surface area contributed by atoms with Gasteiger partial charge in [-0.15, -0.1) is 0 Å². The van der Waals surface area contributed by atoms with Crippen molar-refractivity contribution in [2.45, 2.75) is 31.4 Å². The third-order valence-electron chi connectivity index (χ3n) is 2.29. The van der Waals surface area contributed by atoms with Crippen LogP contribution in [0.15, 0.2) is 0 Å². The van der Waals surface area contributed by atoms with Gasteiger partial charge < -0.3 is 0 Å². The number of aryl methyl sites for hydroxylation is 1. The topological polar surface area (TPSA) is 28.7 Å². The molecular weight excluding hydrogens is 156 g/mol. The van der Waals surface area contributed by atoms with E-state index in [0.717, 1.165) is 11.4 Å². The zero-order chi connectivity index (χ0) is 7.68. The molecule has 0 radical (unpaired) electrons. The molecule has 0 unspecified atom stereocenters. The molecule has 3 heteroatoms. The van der Waals surface area contributed by atoms with Crippen LogP contribution in [0.2, 0.25) is 0 Å². The SMILES string of the molecule is SCc1n[nH]c2c1CCCC2. The van der Waals surface area contributed by atoms with Crippen LogP contribution in [0.3, 0.4) is 0 Å². The van der Waals surface area contributed by atoms with Crippen LogP contribution in [0, 0.1) is 0 Å². The fourth-order valence-electron chi connectivity index (χ4n) is 1.68. The van der Waals surface area contributed by atoms with Crippen LogP contribution in [0.5, 0.6) is 0 Å². The second-order valence-corrected chi connectivity index (χ2v) is 3.31. The smallest absolute Gasteiger partial charge is 0.0753 e. The predicted octanol–water partition coefficient (Wildman–Crippen LogP) is 1.72. The summed E-state index contributed by atoms with van der Waals surface area (Å²) < 4.78 is 0. The highest BCUT2D eigenvalue weighted by Gasteiger charge is 2.14. The number of rotatable bonds is 1. The summed E-state index contributed by atoms with van der Waals surface area (Å²) in [4.78, 5) is 0. The molecule has 1 aromatic heterocycles. The van der Waals surface area contributed by atoms with Crippen LogP contribution in [0.25, 0.3) is 0 Å². The van der Waals surface area contributed by atoms with Crippen molar-refractivity contribution in [3.05, 3.63) is 17.0 Å². The fourth-order valence-corrected chi connectivity index (χ4v) is 1.94. The molecule has 1 N–H and O–H groups in total. The Labute approximate surface area is 71.8 Å². The first-order valence-corrected chi connectivity index (χ1v) is 4.71. The largest absolute Gasteiger partial charge is 0.282 e. The molecule has 11 heavy (non-hydrogen) atoms. The summed E-state index contributed by atoms with van der Waals surface area (Å²) in [6.07, 6.45) is 4.99. The number of H-pyrrole nitrogens is 1. The van der Waals surface area contributed by atoms with Crippen molar-refractivity contribution in [3.8, 4) is 0 Å². The van der Waals surface area contributed by atoms with Gasteiger partial charge in [-0.1, -0.05) is 0 Å². The predicted molar refractivity (Wildman–Crippen MR) is 47.9 cm³/mol. The van der Waals surface area contributed by atoms with Crippen LogP contribution in [0.1, 0.15) is 29.8 Å². The van der Waals surface area contributed by atoms with Gasteiger partial charge in [-0.2, -0.15) is 17.7 Å². The minimum atomic E-state index is 0.770. The van der Waals surface area contributed by atoms with Crippen LogP contribution < -0.4 is 0 Å². The van der Waals surface area contributed by atoms with Crippen molar-refractivity contribution in [1.29, 1.82) is 0 Å². The van der Waals surface area contributed by atoms with E-state index in [0.29, 0.717) is 0 Å². The van der Waals surface area contributed by atoms with E-state index in [1.165, 1.54) is 36.9 Å². The number of nitrogens with one attached hydrogen (secondary N) is 1. The van der Waals surface area contributed by atoms with Gasteiger partial charge >= 0.3 is 0 Å². The van der Waals surface area contributed by atoms with Gasteiger partial charge in [-0.05, 0) is 31.2 Å². The molecule has 1 aromatic rings. The molecule has 0 spiro atoms.